The van der Waals surface area contributed by atoms with Crippen LogP contribution in [0, 0.1) is 6.92 Å². The molecule has 1 aromatic heterocycles. The lowest BCUT2D eigenvalue weighted by atomic mass is 10.1. The van der Waals surface area contributed by atoms with Gasteiger partial charge >= 0.3 is 0 Å². The molecule has 21 heavy (non-hydrogen) atoms. The Morgan fingerprint density at radius 3 is 2.67 bits per heavy atom. The van der Waals surface area contributed by atoms with Gasteiger partial charge in [0.25, 0.3) is 0 Å². The summed E-state index contributed by atoms with van der Waals surface area (Å²) in [6, 6.07) is 8.68. The van der Waals surface area contributed by atoms with Crippen molar-refractivity contribution >= 4 is 11.3 Å². The number of hydrogen-bond donors (Lipinski definition) is 1. The highest BCUT2D eigenvalue weighted by Gasteiger charge is 2.11. The van der Waals surface area contributed by atoms with Gasteiger partial charge in [-0.1, -0.05) is 36.8 Å². The molecule has 0 saturated carbocycles. The quantitative estimate of drug-likeness (QED) is 0.755. The summed E-state index contributed by atoms with van der Waals surface area (Å²) >= 11 is 1.80. The normalized spacial score (nSPS) is 11.0. The number of nitrogens with zero attached hydrogens (tertiary/aromatic N) is 1. The van der Waals surface area contributed by atoms with E-state index in [4.69, 9.17) is 9.72 Å². The zero-order valence-corrected chi connectivity index (χ0v) is 13.9. The number of aryl methyl sites for hydroxylation is 1. The maximum atomic E-state index is 5.27. The number of thiazole rings is 1. The number of hydrogen-bond acceptors (Lipinski definition) is 4. The van der Waals surface area contributed by atoms with Crippen LogP contribution in [0.4, 0.5) is 0 Å². The van der Waals surface area contributed by atoms with Crippen molar-refractivity contribution in [3.63, 3.8) is 0 Å². The van der Waals surface area contributed by atoms with Crippen LogP contribution >= 0.6 is 11.3 Å². The highest BCUT2D eigenvalue weighted by atomic mass is 32.1. The molecule has 4 heteroatoms. The average molecular weight is 304 g/mol. The molecular formula is C17H24N2OS. The topological polar surface area (TPSA) is 34.2 Å². The molecule has 0 aliphatic carbocycles. The predicted molar refractivity (Wildman–Crippen MR) is 88.8 cm³/mol. The fourth-order valence-electron chi connectivity index (χ4n) is 2.16. The highest BCUT2D eigenvalue weighted by molar-refractivity contribution is 7.11. The molecule has 2 rings (SSSR count). The Kier molecular flexibility index (Phi) is 6.36. The van der Waals surface area contributed by atoms with Crippen LogP contribution in [-0.4, -0.2) is 18.6 Å². The van der Waals surface area contributed by atoms with Gasteiger partial charge in [0.05, 0.1) is 17.3 Å². The summed E-state index contributed by atoms with van der Waals surface area (Å²) in [5.74, 6) is 0. The molecule has 1 N–H and O–H groups in total. The van der Waals surface area contributed by atoms with E-state index < -0.39 is 0 Å². The van der Waals surface area contributed by atoms with Crippen LogP contribution in [0.3, 0.4) is 0 Å². The summed E-state index contributed by atoms with van der Waals surface area (Å²) in [5, 5.41) is 4.62. The number of methoxy groups -OCH3 is 1. The minimum atomic E-state index is 0.591. The Morgan fingerprint density at radius 2 is 2.00 bits per heavy atom. The number of benzene rings is 1. The van der Waals surface area contributed by atoms with Crippen molar-refractivity contribution in [1.29, 1.82) is 0 Å². The fraction of sp³-hybridized carbons (Fsp3) is 0.471. The van der Waals surface area contributed by atoms with E-state index in [1.165, 1.54) is 21.0 Å². The van der Waals surface area contributed by atoms with Crippen LogP contribution in [0.5, 0.6) is 0 Å². The Morgan fingerprint density at radius 1 is 1.24 bits per heavy atom. The molecule has 0 aliphatic rings. The van der Waals surface area contributed by atoms with E-state index >= 15 is 0 Å². The Balaban J connectivity index is 2.08. The fourth-order valence-corrected chi connectivity index (χ4v) is 3.23. The maximum Gasteiger partial charge on any atom is 0.0976 e. The Hall–Kier alpha value is -1.23. The van der Waals surface area contributed by atoms with Gasteiger partial charge in [0, 0.05) is 25.0 Å². The van der Waals surface area contributed by atoms with Crippen molar-refractivity contribution in [1.82, 2.24) is 10.3 Å². The summed E-state index contributed by atoms with van der Waals surface area (Å²) in [7, 11) is 1.72. The smallest absolute Gasteiger partial charge is 0.0976 e. The van der Waals surface area contributed by atoms with Crippen molar-refractivity contribution in [3.05, 3.63) is 51.0 Å². The third-order valence-electron chi connectivity index (χ3n) is 3.29. The van der Waals surface area contributed by atoms with Crippen molar-refractivity contribution < 1.29 is 4.74 Å². The standard InChI is InChI=1S/C17H24N2OS/c1-4-9-18-11-16-15(12-20-3)19-17(21-16)10-14-7-5-13(2)6-8-14/h5-8,18H,4,9-12H2,1-3H3. The Labute approximate surface area is 131 Å². The summed E-state index contributed by atoms with van der Waals surface area (Å²) < 4.78 is 5.27. The zero-order valence-electron chi connectivity index (χ0n) is 13.1. The van der Waals surface area contributed by atoms with Gasteiger partial charge in [-0.15, -0.1) is 11.3 Å². The van der Waals surface area contributed by atoms with E-state index in [9.17, 15) is 0 Å². The second-order valence-corrected chi connectivity index (χ2v) is 6.42. The first-order valence-corrected chi connectivity index (χ1v) is 8.27. The van der Waals surface area contributed by atoms with Crippen LogP contribution in [0.2, 0.25) is 0 Å². The number of rotatable bonds is 8. The van der Waals surface area contributed by atoms with Crippen LogP contribution in [0.1, 0.15) is 40.1 Å². The van der Waals surface area contributed by atoms with E-state index in [0.29, 0.717) is 6.61 Å². The van der Waals surface area contributed by atoms with Gasteiger partial charge in [0.1, 0.15) is 0 Å². The molecule has 1 heterocycles. The average Bonchev–Trinajstić information content (AvgIpc) is 2.84. The highest BCUT2D eigenvalue weighted by Crippen LogP contribution is 2.22. The number of nitrogens with one attached hydrogen (secondary N) is 1. The molecule has 3 nitrogen and oxygen atoms in total. The van der Waals surface area contributed by atoms with Crippen molar-refractivity contribution in [3.8, 4) is 0 Å². The van der Waals surface area contributed by atoms with Crippen LogP contribution in [-0.2, 0) is 24.3 Å². The largest absolute Gasteiger partial charge is 0.378 e. The van der Waals surface area contributed by atoms with E-state index in [2.05, 4.69) is 43.4 Å². The molecule has 0 atom stereocenters. The molecular weight excluding hydrogens is 280 g/mol. The predicted octanol–water partition coefficient (Wildman–Crippen LogP) is 3.69. The van der Waals surface area contributed by atoms with Crippen molar-refractivity contribution in [2.75, 3.05) is 13.7 Å². The molecule has 1 aromatic carbocycles. The maximum absolute atomic E-state index is 5.27. The van der Waals surface area contributed by atoms with Crippen LogP contribution in [0.15, 0.2) is 24.3 Å². The third-order valence-corrected chi connectivity index (χ3v) is 4.39. The van der Waals surface area contributed by atoms with E-state index in [1.54, 1.807) is 18.4 Å². The van der Waals surface area contributed by atoms with Gasteiger partial charge in [-0.2, -0.15) is 0 Å². The molecule has 0 spiro atoms. The van der Waals surface area contributed by atoms with Crippen molar-refractivity contribution in [2.45, 2.75) is 39.8 Å². The molecule has 0 radical (unpaired) electrons. The van der Waals surface area contributed by atoms with Gasteiger partial charge in [0.15, 0.2) is 0 Å². The van der Waals surface area contributed by atoms with Gasteiger partial charge in [-0.3, -0.25) is 0 Å². The van der Waals surface area contributed by atoms with E-state index in [1.807, 2.05) is 0 Å². The minimum Gasteiger partial charge on any atom is -0.378 e. The summed E-state index contributed by atoms with van der Waals surface area (Å²) in [5.41, 5.74) is 3.68. The lowest BCUT2D eigenvalue weighted by Gasteiger charge is -2.02. The summed E-state index contributed by atoms with van der Waals surface area (Å²) in [6.45, 7) is 6.81. The molecule has 0 fully saturated rings. The molecule has 0 unspecified atom stereocenters. The monoisotopic (exact) mass is 304 g/mol. The summed E-state index contributed by atoms with van der Waals surface area (Å²) in [6.07, 6.45) is 2.05. The lowest BCUT2D eigenvalue weighted by molar-refractivity contribution is 0.181. The molecule has 114 valence electrons. The molecule has 0 saturated heterocycles. The zero-order chi connectivity index (χ0) is 15.1. The molecule has 0 aliphatic heterocycles. The minimum absolute atomic E-state index is 0.591. The van der Waals surface area contributed by atoms with Crippen LogP contribution < -0.4 is 5.32 Å². The molecule has 0 bridgehead atoms. The van der Waals surface area contributed by atoms with E-state index in [0.717, 1.165) is 31.6 Å². The van der Waals surface area contributed by atoms with Crippen molar-refractivity contribution in [2.24, 2.45) is 0 Å². The van der Waals surface area contributed by atoms with E-state index in [-0.39, 0.29) is 0 Å². The van der Waals surface area contributed by atoms with Gasteiger partial charge in [-0.25, -0.2) is 4.98 Å². The molecule has 2 aromatic rings. The van der Waals surface area contributed by atoms with Gasteiger partial charge in [-0.05, 0) is 25.5 Å². The Bertz CT molecular complexity index is 548. The second kappa shape index (κ2) is 8.27. The third kappa shape index (κ3) is 4.92. The number of ether oxygens (including phenoxy) is 1. The van der Waals surface area contributed by atoms with Gasteiger partial charge < -0.3 is 10.1 Å². The first-order valence-electron chi connectivity index (χ1n) is 7.45. The SMILES string of the molecule is CCCNCc1sc(Cc2ccc(C)cc2)nc1COC. The number of aromatic nitrogens is 1. The van der Waals surface area contributed by atoms with Crippen LogP contribution in [0.25, 0.3) is 0 Å². The first kappa shape index (κ1) is 16.1. The second-order valence-electron chi connectivity index (χ2n) is 5.25. The molecule has 0 amide bonds. The lowest BCUT2D eigenvalue weighted by Crippen LogP contribution is -2.14. The summed E-state index contributed by atoms with van der Waals surface area (Å²) in [4.78, 5) is 6.05. The van der Waals surface area contributed by atoms with Gasteiger partial charge in [0.2, 0.25) is 0 Å². The first-order chi connectivity index (χ1) is 10.2.